The summed E-state index contributed by atoms with van der Waals surface area (Å²) in [6.07, 6.45) is 2.04. The first-order valence-electron chi connectivity index (χ1n) is 10.9. The minimum absolute atomic E-state index is 0.0843. The van der Waals surface area contributed by atoms with Crippen LogP contribution in [0.4, 0.5) is 0 Å². The molecule has 7 heteroatoms. The van der Waals surface area contributed by atoms with Gasteiger partial charge in [-0.25, -0.2) is 0 Å². The summed E-state index contributed by atoms with van der Waals surface area (Å²) in [5, 5.41) is 7.48. The molecule has 1 atom stereocenters. The average Bonchev–Trinajstić information content (AvgIpc) is 3.37. The van der Waals surface area contributed by atoms with Gasteiger partial charge in [0.2, 0.25) is 0 Å². The van der Waals surface area contributed by atoms with Gasteiger partial charge in [0.1, 0.15) is 5.69 Å². The summed E-state index contributed by atoms with van der Waals surface area (Å²) in [5.41, 5.74) is 4.07. The number of hydrogen-bond acceptors (Lipinski definition) is 5. The minimum Gasteiger partial charge on any atom is -0.493 e. The fourth-order valence-corrected chi connectivity index (χ4v) is 4.08. The van der Waals surface area contributed by atoms with Crippen LogP contribution in [0, 0.1) is 0 Å². The number of ether oxygens (including phenoxy) is 3. The lowest BCUT2D eigenvalue weighted by atomic mass is 9.95. The molecule has 0 radical (unpaired) electrons. The number of unbranched alkanes of at least 4 members (excludes halogenated alkanes) is 1. The summed E-state index contributed by atoms with van der Waals surface area (Å²) in [4.78, 5) is 15.1. The van der Waals surface area contributed by atoms with Crippen molar-refractivity contribution in [3.8, 4) is 22.8 Å². The summed E-state index contributed by atoms with van der Waals surface area (Å²) < 4.78 is 16.8. The van der Waals surface area contributed by atoms with E-state index in [0.29, 0.717) is 37.0 Å². The van der Waals surface area contributed by atoms with Crippen LogP contribution in [0.5, 0.6) is 11.5 Å². The molecule has 0 bridgehead atoms. The minimum atomic E-state index is -0.305. The monoisotopic (exact) mass is 435 g/mol. The van der Waals surface area contributed by atoms with Gasteiger partial charge < -0.3 is 19.1 Å². The van der Waals surface area contributed by atoms with Crippen molar-refractivity contribution in [3.05, 3.63) is 65.4 Å². The lowest BCUT2D eigenvalue weighted by molar-refractivity contribution is 0.0677. The number of benzene rings is 2. The first kappa shape index (κ1) is 21.9. The Hall–Kier alpha value is -3.32. The highest BCUT2D eigenvalue weighted by atomic mass is 16.5. The van der Waals surface area contributed by atoms with Crippen molar-refractivity contribution in [2.24, 2.45) is 0 Å². The average molecular weight is 436 g/mol. The summed E-state index contributed by atoms with van der Waals surface area (Å²) in [7, 11) is 3.27. The molecule has 1 N–H and O–H groups in total. The molecule has 4 rings (SSSR count). The molecule has 0 aliphatic carbocycles. The lowest BCUT2D eigenvalue weighted by Crippen LogP contribution is -2.32. The van der Waals surface area contributed by atoms with Gasteiger partial charge >= 0.3 is 0 Å². The van der Waals surface area contributed by atoms with Gasteiger partial charge in [0.25, 0.3) is 5.91 Å². The maximum absolute atomic E-state index is 13.3. The molecule has 1 unspecified atom stereocenters. The number of hydrogen-bond donors (Lipinski definition) is 1. The first-order chi connectivity index (χ1) is 15.7. The van der Waals surface area contributed by atoms with Crippen LogP contribution in [0.1, 0.15) is 47.4 Å². The zero-order valence-electron chi connectivity index (χ0n) is 18.8. The van der Waals surface area contributed by atoms with Crippen LogP contribution in [0.3, 0.4) is 0 Å². The third-order valence-electron chi connectivity index (χ3n) is 5.71. The van der Waals surface area contributed by atoms with Crippen molar-refractivity contribution in [1.82, 2.24) is 15.1 Å². The number of amides is 1. The highest BCUT2D eigenvalue weighted by molar-refractivity contribution is 6.00. The maximum atomic E-state index is 13.3. The normalized spacial score (nSPS) is 15.2. The standard InChI is InChI=1S/C25H29N3O4/c1-4-5-14-32-19-12-11-18(16-20(19)31-3)24-21-22(17-9-7-6-8-10-17)26-27-23(21)25(29)28(24)13-15-30-2/h6-12,16,24H,4-5,13-15H2,1-3H3,(H,26,27). The van der Waals surface area contributed by atoms with E-state index in [4.69, 9.17) is 14.2 Å². The third kappa shape index (κ3) is 4.08. The number of carbonyl (C=O) groups is 1. The maximum Gasteiger partial charge on any atom is 0.273 e. The number of H-pyrrole nitrogens is 1. The molecule has 1 aromatic heterocycles. The smallest absolute Gasteiger partial charge is 0.273 e. The molecule has 0 saturated carbocycles. The number of aromatic nitrogens is 2. The van der Waals surface area contributed by atoms with Gasteiger partial charge in [-0.15, -0.1) is 0 Å². The highest BCUT2D eigenvalue weighted by Gasteiger charge is 2.42. The fourth-order valence-electron chi connectivity index (χ4n) is 4.08. The second-order valence-electron chi connectivity index (χ2n) is 7.73. The quantitative estimate of drug-likeness (QED) is 0.476. The molecule has 0 spiro atoms. The van der Waals surface area contributed by atoms with Crippen LogP contribution in [0.15, 0.2) is 48.5 Å². The van der Waals surface area contributed by atoms with Gasteiger partial charge in [-0.2, -0.15) is 5.10 Å². The van der Waals surface area contributed by atoms with Crippen LogP contribution in [0.25, 0.3) is 11.3 Å². The predicted molar refractivity (Wildman–Crippen MR) is 122 cm³/mol. The van der Waals surface area contributed by atoms with Gasteiger partial charge in [0, 0.05) is 24.8 Å². The van der Waals surface area contributed by atoms with Crippen LogP contribution >= 0.6 is 0 Å². The van der Waals surface area contributed by atoms with Crippen molar-refractivity contribution in [1.29, 1.82) is 0 Å². The molecule has 168 valence electrons. The molecule has 32 heavy (non-hydrogen) atoms. The van der Waals surface area contributed by atoms with Gasteiger partial charge in [-0.05, 0) is 24.1 Å². The van der Waals surface area contributed by atoms with Crippen LogP contribution in [-0.4, -0.2) is 55.0 Å². The van der Waals surface area contributed by atoms with E-state index < -0.39 is 0 Å². The van der Waals surface area contributed by atoms with E-state index in [0.717, 1.165) is 35.2 Å². The zero-order chi connectivity index (χ0) is 22.5. The molecule has 1 amide bonds. The Morgan fingerprint density at radius 2 is 1.88 bits per heavy atom. The predicted octanol–water partition coefficient (Wildman–Crippen LogP) is 4.46. The number of carbonyl (C=O) groups excluding carboxylic acids is 1. The second kappa shape index (κ2) is 9.87. The highest BCUT2D eigenvalue weighted by Crippen LogP contribution is 2.44. The van der Waals surface area contributed by atoms with Crippen molar-refractivity contribution in [3.63, 3.8) is 0 Å². The molecule has 3 aromatic rings. The van der Waals surface area contributed by atoms with Crippen molar-refractivity contribution in [2.45, 2.75) is 25.8 Å². The number of rotatable bonds is 10. The van der Waals surface area contributed by atoms with Crippen molar-refractivity contribution in [2.75, 3.05) is 34.0 Å². The molecular weight excluding hydrogens is 406 g/mol. The van der Waals surface area contributed by atoms with Crippen LogP contribution < -0.4 is 9.47 Å². The molecule has 2 aromatic carbocycles. The summed E-state index contributed by atoms with van der Waals surface area (Å²) in [5.74, 6) is 1.27. The molecule has 1 aliphatic rings. The largest absolute Gasteiger partial charge is 0.493 e. The second-order valence-corrected chi connectivity index (χ2v) is 7.73. The number of nitrogens with one attached hydrogen (secondary N) is 1. The molecular formula is C25H29N3O4. The van der Waals surface area contributed by atoms with Gasteiger partial charge in [-0.1, -0.05) is 49.7 Å². The Balaban J connectivity index is 1.77. The summed E-state index contributed by atoms with van der Waals surface area (Å²) >= 11 is 0. The lowest BCUT2D eigenvalue weighted by Gasteiger charge is -2.26. The topological polar surface area (TPSA) is 76.7 Å². The third-order valence-corrected chi connectivity index (χ3v) is 5.71. The summed E-state index contributed by atoms with van der Waals surface area (Å²) in [6, 6.07) is 15.5. The Morgan fingerprint density at radius 1 is 1.06 bits per heavy atom. The van der Waals surface area contributed by atoms with Crippen LogP contribution in [-0.2, 0) is 4.74 Å². The van der Waals surface area contributed by atoms with E-state index in [1.165, 1.54) is 0 Å². The summed E-state index contributed by atoms with van der Waals surface area (Å²) in [6.45, 7) is 3.67. The van der Waals surface area contributed by atoms with E-state index in [1.807, 2.05) is 53.4 Å². The number of aromatic amines is 1. The van der Waals surface area contributed by atoms with Gasteiger partial charge in [-0.3, -0.25) is 9.89 Å². The van der Waals surface area contributed by atoms with E-state index >= 15 is 0 Å². The van der Waals surface area contributed by atoms with E-state index in [1.54, 1.807) is 14.2 Å². The number of methoxy groups -OCH3 is 2. The first-order valence-corrected chi connectivity index (χ1v) is 10.9. The Kier molecular flexibility index (Phi) is 6.75. The van der Waals surface area contributed by atoms with E-state index in [-0.39, 0.29) is 11.9 Å². The molecule has 1 aliphatic heterocycles. The van der Waals surface area contributed by atoms with Crippen LogP contribution in [0.2, 0.25) is 0 Å². The molecule has 0 saturated heterocycles. The Labute approximate surface area is 188 Å². The molecule has 7 nitrogen and oxygen atoms in total. The number of fused-ring (bicyclic) bond motifs is 1. The van der Waals surface area contributed by atoms with Gasteiger partial charge in [0.15, 0.2) is 11.5 Å². The Morgan fingerprint density at radius 3 is 2.59 bits per heavy atom. The fraction of sp³-hybridized carbons (Fsp3) is 0.360. The SMILES string of the molecule is CCCCOc1ccc(C2c3c(-c4ccccc4)n[nH]c3C(=O)N2CCOC)cc1OC. The Bertz CT molecular complexity index is 1060. The van der Waals surface area contributed by atoms with E-state index in [2.05, 4.69) is 17.1 Å². The number of nitrogens with zero attached hydrogens (tertiary/aromatic N) is 2. The molecule has 2 heterocycles. The molecule has 0 fully saturated rings. The van der Waals surface area contributed by atoms with E-state index in [9.17, 15) is 4.79 Å². The van der Waals surface area contributed by atoms with Gasteiger partial charge in [0.05, 0.1) is 32.1 Å². The zero-order valence-corrected chi connectivity index (χ0v) is 18.8. The van der Waals surface area contributed by atoms with Crippen molar-refractivity contribution < 1.29 is 19.0 Å². The van der Waals surface area contributed by atoms with Crippen molar-refractivity contribution >= 4 is 5.91 Å².